The van der Waals surface area contributed by atoms with Crippen molar-refractivity contribution in [2.75, 3.05) is 13.6 Å². The maximum absolute atomic E-state index is 12.8. The standard InChI is InChI=1S/C53H87NO4/c1-4-6-8-10-12-14-16-18-20-22-24-26-28-30-32-37-43-53(44-38-33-31-29-27-25-23-21-19-17-15-13-11-9-7-5-2)57-50-42-41-49(45-51(50)58-53)46-54(3)52(55)56-47-48-39-35-34-36-40-48/h12-15,18-21,34-36,39-40,49-51H,4-11,16-17,22-33,37-38,41-47H2,1-3H3/t49-,50+,51-,53?/m1/s1. The Morgan fingerprint density at radius 1 is 0.621 bits per heavy atom. The molecule has 0 N–H and O–H groups in total. The van der Waals surface area contributed by atoms with Crippen molar-refractivity contribution in [1.29, 1.82) is 0 Å². The van der Waals surface area contributed by atoms with Crippen molar-refractivity contribution >= 4 is 6.09 Å². The number of benzene rings is 1. The van der Waals surface area contributed by atoms with Crippen LogP contribution in [0.1, 0.15) is 206 Å². The highest BCUT2D eigenvalue weighted by atomic mass is 16.8. The van der Waals surface area contributed by atoms with Crippen LogP contribution in [0.4, 0.5) is 4.79 Å². The molecule has 58 heavy (non-hydrogen) atoms. The topological polar surface area (TPSA) is 48.0 Å². The summed E-state index contributed by atoms with van der Waals surface area (Å²) in [5.74, 6) is -0.0338. The van der Waals surface area contributed by atoms with Crippen molar-refractivity contribution in [3.8, 4) is 0 Å². The first kappa shape index (κ1) is 49.7. The number of amides is 1. The zero-order valence-electron chi connectivity index (χ0n) is 37.7. The maximum atomic E-state index is 12.8. The van der Waals surface area contributed by atoms with Gasteiger partial charge in [0.25, 0.3) is 0 Å². The van der Waals surface area contributed by atoms with Gasteiger partial charge in [0.2, 0.25) is 0 Å². The summed E-state index contributed by atoms with van der Waals surface area (Å²) in [5, 5.41) is 0. The van der Waals surface area contributed by atoms with E-state index in [2.05, 4.69) is 62.5 Å². The summed E-state index contributed by atoms with van der Waals surface area (Å²) in [6.07, 6.45) is 54.2. The highest BCUT2D eigenvalue weighted by molar-refractivity contribution is 5.67. The van der Waals surface area contributed by atoms with E-state index >= 15 is 0 Å². The minimum atomic E-state index is -0.435. The molecule has 1 aromatic carbocycles. The first-order valence-electron chi connectivity index (χ1n) is 24.4. The summed E-state index contributed by atoms with van der Waals surface area (Å²) in [6.45, 7) is 5.54. The van der Waals surface area contributed by atoms with E-state index in [0.717, 1.165) is 50.5 Å². The molecule has 1 amide bonds. The Balaban J connectivity index is 1.36. The first-order chi connectivity index (χ1) is 28.5. The second-order valence-corrected chi connectivity index (χ2v) is 17.5. The predicted octanol–water partition coefficient (Wildman–Crippen LogP) is 15.9. The summed E-state index contributed by atoms with van der Waals surface area (Å²) in [4.78, 5) is 14.6. The molecule has 1 saturated carbocycles. The number of carbonyl (C=O) groups excluding carboxylic acids is 1. The Bertz CT molecular complexity index is 1210. The van der Waals surface area contributed by atoms with E-state index in [4.69, 9.17) is 14.2 Å². The molecule has 328 valence electrons. The Kier molecular flexibility index (Phi) is 28.4. The van der Waals surface area contributed by atoms with E-state index in [9.17, 15) is 4.79 Å². The lowest BCUT2D eigenvalue weighted by atomic mass is 9.85. The van der Waals surface area contributed by atoms with Crippen molar-refractivity contribution in [2.24, 2.45) is 5.92 Å². The lowest BCUT2D eigenvalue weighted by molar-refractivity contribution is -0.186. The van der Waals surface area contributed by atoms with Gasteiger partial charge in [0.1, 0.15) is 6.61 Å². The van der Waals surface area contributed by atoms with Gasteiger partial charge in [-0.05, 0) is 108 Å². The van der Waals surface area contributed by atoms with Crippen molar-refractivity contribution < 1.29 is 19.0 Å². The fourth-order valence-electron chi connectivity index (χ4n) is 8.61. The minimum Gasteiger partial charge on any atom is -0.445 e. The van der Waals surface area contributed by atoms with Crippen molar-refractivity contribution in [2.45, 2.75) is 225 Å². The summed E-state index contributed by atoms with van der Waals surface area (Å²) in [6, 6.07) is 9.91. The predicted molar refractivity (Wildman–Crippen MR) is 247 cm³/mol. The van der Waals surface area contributed by atoms with Gasteiger partial charge in [0.05, 0.1) is 12.2 Å². The molecule has 0 aromatic heterocycles. The zero-order chi connectivity index (χ0) is 41.2. The third kappa shape index (κ3) is 23.2. The fraction of sp³-hybridized carbons (Fsp3) is 0.717. The van der Waals surface area contributed by atoms with E-state index in [1.54, 1.807) is 4.90 Å². The normalized spacial score (nSPS) is 20.9. The van der Waals surface area contributed by atoms with Gasteiger partial charge in [-0.25, -0.2) is 4.79 Å². The Morgan fingerprint density at radius 2 is 1.09 bits per heavy atom. The summed E-state index contributed by atoms with van der Waals surface area (Å²) in [5.41, 5.74) is 1.01. The number of unbranched alkanes of at least 4 members (excludes halogenated alkanes) is 18. The average Bonchev–Trinajstić information content (AvgIpc) is 3.60. The lowest BCUT2D eigenvalue weighted by Gasteiger charge is -2.31. The molecule has 5 nitrogen and oxygen atoms in total. The van der Waals surface area contributed by atoms with Crippen LogP contribution in [0.3, 0.4) is 0 Å². The van der Waals surface area contributed by atoms with Gasteiger partial charge in [0.15, 0.2) is 5.79 Å². The van der Waals surface area contributed by atoms with Crippen LogP contribution < -0.4 is 0 Å². The fourth-order valence-corrected chi connectivity index (χ4v) is 8.61. The molecule has 0 radical (unpaired) electrons. The van der Waals surface area contributed by atoms with Crippen LogP contribution in [0.25, 0.3) is 0 Å². The monoisotopic (exact) mass is 802 g/mol. The molecule has 2 aliphatic rings. The molecule has 1 aliphatic heterocycles. The molecule has 0 unspecified atom stereocenters. The second-order valence-electron chi connectivity index (χ2n) is 17.5. The molecule has 1 aromatic rings. The molecular formula is C53H87NO4. The number of hydrogen-bond acceptors (Lipinski definition) is 4. The molecular weight excluding hydrogens is 715 g/mol. The quantitative estimate of drug-likeness (QED) is 0.0514. The van der Waals surface area contributed by atoms with Crippen LogP contribution in [0, 0.1) is 5.92 Å². The van der Waals surface area contributed by atoms with Gasteiger partial charge < -0.3 is 19.1 Å². The molecule has 1 heterocycles. The lowest BCUT2D eigenvalue weighted by Crippen LogP contribution is -2.38. The minimum absolute atomic E-state index is 0.127. The van der Waals surface area contributed by atoms with Crippen LogP contribution in [-0.2, 0) is 20.8 Å². The van der Waals surface area contributed by atoms with Crippen molar-refractivity contribution in [3.63, 3.8) is 0 Å². The summed E-state index contributed by atoms with van der Waals surface area (Å²) < 4.78 is 19.6. The molecule has 0 bridgehead atoms. The van der Waals surface area contributed by atoms with Crippen molar-refractivity contribution in [1.82, 2.24) is 4.90 Å². The van der Waals surface area contributed by atoms with Gasteiger partial charge in [-0.1, -0.05) is 170 Å². The number of ether oxygens (including phenoxy) is 3. The number of carbonyl (C=O) groups is 1. The van der Waals surface area contributed by atoms with E-state index in [0.29, 0.717) is 19.1 Å². The Labute approximate surface area is 357 Å². The van der Waals surface area contributed by atoms with Gasteiger partial charge >= 0.3 is 6.09 Å². The van der Waals surface area contributed by atoms with Crippen LogP contribution in [0.15, 0.2) is 78.9 Å². The van der Waals surface area contributed by atoms with E-state index < -0.39 is 5.79 Å². The number of allylic oxidation sites excluding steroid dienone is 8. The molecule has 3 rings (SSSR count). The number of nitrogens with zero attached hydrogens (tertiary/aromatic N) is 1. The highest BCUT2D eigenvalue weighted by Crippen LogP contribution is 2.44. The smallest absolute Gasteiger partial charge is 0.409 e. The number of fused-ring (bicyclic) bond motifs is 1. The molecule has 3 atom stereocenters. The van der Waals surface area contributed by atoms with E-state index in [1.165, 1.54) is 141 Å². The Morgan fingerprint density at radius 3 is 1.60 bits per heavy atom. The van der Waals surface area contributed by atoms with E-state index in [1.807, 2.05) is 37.4 Å². The first-order valence-corrected chi connectivity index (χ1v) is 24.4. The third-order valence-electron chi connectivity index (χ3n) is 12.1. The third-order valence-corrected chi connectivity index (χ3v) is 12.1. The number of rotatable bonds is 34. The van der Waals surface area contributed by atoms with Gasteiger partial charge in [-0.3, -0.25) is 0 Å². The summed E-state index contributed by atoms with van der Waals surface area (Å²) >= 11 is 0. The van der Waals surface area contributed by atoms with Gasteiger partial charge in [-0.2, -0.15) is 0 Å². The zero-order valence-corrected chi connectivity index (χ0v) is 37.7. The molecule has 0 spiro atoms. The van der Waals surface area contributed by atoms with Crippen LogP contribution in [0.5, 0.6) is 0 Å². The van der Waals surface area contributed by atoms with Crippen LogP contribution in [0.2, 0.25) is 0 Å². The molecule has 2 fully saturated rings. The van der Waals surface area contributed by atoms with Crippen molar-refractivity contribution in [3.05, 3.63) is 84.5 Å². The van der Waals surface area contributed by atoms with Gasteiger partial charge in [-0.15, -0.1) is 0 Å². The van der Waals surface area contributed by atoms with Gasteiger partial charge in [0, 0.05) is 26.4 Å². The summed E-state index contributed by atoms with van der Waals surface area (Å²) in [7, 11) is 1.87. The maximum Gasteiger partial charge on any atom is 0.409 e. The average molecular weight is 802 g/mol. The Hall–Kier alpha value is -2.63. The highest BCUT2D eigenvalue weighted by Gasteiger charge is 2.49. The number of hydrogen-bond donors (Lipinski definition) is 0. The van der Waals surface area contributed by atoms with Crippen LogP contribution in [-0.4, -0.2) is 42.6 Å². The molecule has 1 saturated heterocycles. The molecule has 1 aliphatic carbocycles. The van der Waals surface area contributed by atoms with Crippen LogP contribution >= 0.6 is 0 Å². The second kappa shape index (κ2) is 33.1. The largest absolute Gasteiger partial charge is 0.445 e. The SMILES string of the molecule is CCCCCC=CCC=CCCCCCCCCC1(CCCCCCCCC=CCC=CCCCCC)O[C@H]2CC[C@@H](CN(C)C(=O)OCc3ccccc3)C[C@H]2O1. The van der Waals surface area contributed by atoms with E-state index in [-0.39, 0.29) is 18.3 Å². The molecule has 5 heteroatoms.